The van der Waals surface area contributed by atoms with E-state index < -0.39 is 8.07 Å². The van der Waals surface area contributed by atoms with Crippen LogP contribution in [0.5, 0.6) is 0 Å². The number of para-hydroxylation sites is 5. The molecule has 0 atom stereocenters. The zero-order valence-electron chi connectivity index (χ0n) is 27.5. The molecule has 0 unspecified atom stereocenters. The number of hydrogen-bond donors (Lipinski definition) is 0. The maximum Gasteiger partial charge on any atom is 0.238 e. The molecule has 0 fully saturated rings. The highest BCUT2D eigenvalue weighted by molar-refractivity contribution is 7.23. The van der Waals surface area contributed by atoms with Crippen molar-refractivity contribution in [1.29, 1.82) is 0 Å². The summed E-state index contributed by atoms with van der Waals surface area (Å²) < 4.78 is 0. The van der Waals surface area contributed by atoms with Gasteiger partial charge >= 0.3 is 0 Å². The Bertz CT molecular complexity index is 2410. The molecule has 0 saturated carbocycles. The van der Waals surface area contributed by atoms with Crippen molar-refractivity contribution in [1.82, 2.24) is 19.9 Å². The Hall–Kier alpha value is -6.70. The predicted octanol–water partition coefficient (Wildman–Crippen LogP) is 7.54. The highest BCUT2D eigenvalue weighted by atomic mass is 28.3. The summed E-state index contributed by atoms with van der Waals surface area (Å²) in [6.45, 7) is 0. The number of rotatable bonds is 4. The van der Waals surface area contributed by atoms with Crippen LogP contribution in [0.3, 0.4) is 0 Å². The quantitative estimate of drug-likeness (QED) is 0.180. The topological polar surface area (TPSA) is 58.0 Å². The maximum absolute atomic E-state index is 5.21. The van der Waals surface area contributed by atoms with Crippen LogP contribution in [0.1, 0.15) is 0 Å². The van der Waals surface area contributed by atoms with Crippen molar-refractivity contribution in [2.24, 2.45) is 0 Å². The molecule has 2 aliphatic rings. The summed E-state index contributed by atoms with van der Waals surface area (Å²) in [7, 11) is -2.92. The molecule has 0 N–H and O–H groups in total. The first kappa shape index (κ1) is 29.2. The van der Waals surface area contributed by atoms with Gasteiger partial charge in [0, 0.05) is 52.0 Å². The molecule has 0 radical (unpaired) electrons. The van der Waals surface area contributed by atoms with E-state index >= 15 is 0 Å². The van der Waals surface area contributed by atoms with Crippen molar-refractivity contribution in [2.45, 2.75) is 0 Å². The number of fused-ring (bicyclic) bond motifs is 8. The molecule has 0 saturated heterocycles. The van der Waals surface area contributed by atoms with Gasteiger partial charge in [-0.15, -0.1) is 0 Å². The van der Waals surface area contributed by atoms with E-state index in [1.807, 2.05) is 48.7 Å². The SMILES string of the molecule is c1ccc(-c2nc(-c3cccnc3)nc(N3c4ccccc4[Si]4(c5ccccc5N(c5ccccc5)c5ccccc54)c4ccccc43)n2)cc1. The zero-order valence-corrected chi connectivity index (χ0v) is 28.5. The van der Waals surface area contributed by atoms with E-state index in [0.717, 1.165) is 28.2 Å². The van der Waals surface area contributed by atoms with E-state index in [2.05, 4.69) is 142 Å². The van der Waals surface area contributed by atoms with Crippen molar-refractivity contribution in [3.63, 3.8) is 0 Å². The number of hydrogen-bond acceptors (Lipinski definition) is 6. The van der Waals surface area contributed by atoms with Crippen molar-refractivity contribution < 1.29 is 0 Å². The lowest BCUT2D eigenvalue weighted by molar-refractivity contribution is 1.02. The minimum Gasteiger partial charge on any atom is -0.311 e. The second-order valence-corrected chi connectivity index (χ2v) is 16.4. The minimum absolute atomic E-state index is 0.565. The Morgan fingerprint density at radius 3 is 1.31 bits per heavy atom. The predicted molar refractivity (Wildman–Crippen MR) is 209 cm³/mol. The zero-order chi connectivity index (χ0) is 33.8. The normalized spacial score (nSPS) is 13.6. The Kier molecular flexibility index (Phi) is 6.72. The summed E-state index contributed by atoms with van der Waals surface area (Å²) in [5.41, 5.74) is 7.45. The molecule has 240 valence electrons. The van der Waals surface area contributed by atoms with E-state index in [4.69, 9.17) is 15.0 Å². The fraction of sp³-hybridized carbons (Fsp3) is 0. The van der Waals surface area contributed by atoms with Crippen LogP contribution in [-0.4, -0.2) is 28.0 Å². The molecule has 2 aromatic heterocycles. The lowest BCUT2D eigenvalue weighted by Gasteiger charge is -2.49. The molecule has 7 heteroatoms. The van der Waals surface area contributed by atoms with E-state index in [9.17, 15) is 0 Å². The number of pyridine rings is 1. The van der Waals surface area contributed by atoms with Crippen LogP contribution in [0.25, 0.3) is 22.8 Å². The molecule has 51 heavy (non-hydrogen) atoms. The van der Waals surface area contributed by atoms with Gasteiger partial charge in [-0.1, -0.05) is 121 Å². The third kappa shape index (κ3) is 4.42. The summed E-state index contributed by atoms with van der Waals surface area (Å²) in [5, 5.41) is 5.29. The Morgan fingerprint density at radius 2 is 0.804 bits per heavy atom. The van der Waals surface area contributed by atoms with E-state index in [1.54, 1.807) is 6.20 Å². The van der Waals surface area contributed by atoms with Gasteiger partial charge in [0.2, 0.25) is 5.95 Å². The van der Waals surface area contributed by atoms with Crippen molar-refractivity contribution in [3.8, 4) is 22.8 Å². The lowest BCUT2D eigenvalue weighted by atomic mass is 10.1. The van der Waals surface area contributed by atoms with Crippen molar-refractivity contribution in [2.75, 3.05) is 9.80 Å². The van der Waals surface area contributed by atoms with Gasteiger partial charge in [-0.25, -0.2) is 4.98 Å². The highest BCUT2D eigenvalue weighted by Gasteiger charge is 2.54. The second-order valence-electron chi connectivity index (χ2n) is 12.7. The average molecular weight is 671 g/mol. The maximum atomic E-state index is 5.21. The number of nitrogens with zero attached hydrogens (tertiary/aromatic N) is 6. The fourth-order valence-corrected chi connectivity index (χ4v) is 13.4. The molecule has 8 aromatic rings. The molecule has 0 aliphatic carbocycles. The van der Waals surface area contributed by atoms with E-state index in [1.165, 1.54) is 32.1 Å². The van der Waals surface area contributed by atoms with Gasteiger partial charge in [-0.05, 0) is 69.3 Å². The van der Waals surface area contributed by atoms with Crippen LogP contribution < -0.4 is 30.5 Å². The molecule has 0 bridgehead atoms. The molecule has 0 amide bonds. The van der Waals surface area contributed by atoms with E-state index in [0.29, 0.717) is 17.6 Å². The number of anilines is 6. The third-order valence-corrected chi connectivity index (χ3v) is 14.9. The van der Waals surface area contributed by atoms with Crippen LogP contribution in [0.4, 0.5) is 34.4 Å². The summed E-state index contributed by atoms with van der Waals surface area (Å²) in [4.78, 5) is 24.4. The monoisotopic (exact) mass is 670 g/mol. The Morgan fingerprint density at radius 1 is 0.373 bits per heavy atom. The van der Waals surface area contributed by atoms with Gasteiger partial charge in [0.05, 0.1) is 0 Å². The first-order valence-corrected chi connectivity index (χ1v) is 19.1. The van der Waals surface area contributed by atoms with Crippen molar-refractivity contribution >= 4 is 63.2 Å². The summed E-state index contributed by atoms with van der Waals surface area (Å²) in [6, 6.07) is 60.4. The average Bonchev–Trinajstić information content (AvgIpc) is 3.21. The van der Waals surface area contributed by atoms with Gasteiger partial charge in [-0.3, -0.25) is 9.88 Å². The molecular formula is C44H30N6Si. The van der Waals surface area contributed by atoms with Gasteiger partial charge in [0.15, 0.2) is 19.7 Å². The van der Waals surface area contributed by atoms with Crippen LogP contribution in [0.15, 0.2) is 182 Å². The molecule has 4 heterocycles. The van der Waals surface area contributed by atoms with Gasteiger partial charge in [-0.2, -0.15) is 9.97 Å². The molecular weight excluding hydrogens is 641 g/mol. The van der Waals surface area contributed by atoms with Gasteiger partial charge < -0.3 is 4.90 Å². The van der Waals surface area contributed by atoms with E-state index in [-0.39, 0.29) is 0 Å². The molecule has 10 rings (SSSR count). The van der Waals surface area contributed by atoms with Crippen LogP contribution in [0.2, 0.25) is 0 Å². The van der Waals surface area contributed by atoms with Crippen LogP contribution in [-0.2, 0) is 0 Å². The van der Waals surface area contributed by atoms with Crippen LogP contribution >= 0.6 is 0 Å². The highest BCUT2D eigenvalue weighted by Crippen LogP contribution is 2.43. The summed E-state index contributed by atoms with van der Waals surface area (Å²) in [6.07, 6.45) is 3.58. The second kappa shape index (κ2) is 11.7. The van der Waals surface area contributed by atoms with Gasteiger partial charge in [0.1, 0.15) is 0 Å². The first-order valence-electron chi connectivity index (χ1n) is 17.1. The van der Waals surface area contributed by atoms with Gasteiger partial charge in [0.25, 0.3) is 0 Å². The smallest absolute Gasteiger partial charge is 0.238 e. The summed E-state index contributed by atoms with van der Waals surface area (Å²) in [5.74, 6) is 1.75. The molecule has 6 nitrogen and oxygen atoms in total. The van der Waals surface area contributed by atoms with Crippen molar-refractivity contribution in [3.05, 3.63) is 182 Å². The standard InChI is InChI=1S/C44H30N6Si/c1-3-16-31(17-4-1)42-46-43(32-18-15-29-45-30-32)48-44(47-42)50-36-23-9-13-27-40(36)51(41-28-14-10-24-37(41)50)38-25-11-7-21-34(38)49(33-19-5-2-6-20-33)35-22-8-12-26-39(35)51/h1-30H. The summed E-state index contributed by atoms with van der Waals surface area (Å²) >= 11 is 0. The third-order valence-electron chi connectivity index (χ3n) is 9.99. The number of benzene rings is 6. The first-order chi connectivity index (χ1) is 25.3. The largest absolute Gasteiger partial charge is 0.311 e. The molecule has 2 aliphatic heterocycles. The Balaban J connectivity index is 1.28. The van der Waals surface area contributed by atoms with Crippen LogP contribution in [0, 0.1) is 0 Å². The number of aromatic nitrogens is 4. The molecule has 6 aromatic carbocycles. The Labute approximate surface area is 297 Å². The lowest BCUT2D eigenvalue weighted by Crippen LogP contribution is -2.79. The minimum atomic E-state index is -2.92. The molecule has 1 spiro atoms. The fourth-order valence-electron chi connectivity index (χ4n) is 7.95.